The van der Waals surface area contributed by atoms with Crippen LogP contribution in [0.1, 0.15) is 21.5 Å². The molecule has 0 radical (unpaired) electrons. The lowest BCUT2D eigenvalue weighted by Crippen LogP contribution is -2.13. The zero-order valence-electron chi connectivity index (χ0n) is 10.5. The van der Waals surface area contributed by atoms with Gasteiger partial charge in [0.2, 0.25) is 0 Å². The van der Waals surface area contributed by atoms with E-state index in [1.54, 1.807) is 12.1 Å². The highest BCUT2D eigenvalue weighted by molar-refractivity contribution is 6.35. The van der Waals surface area contributed by atoms with E-state index in [1.807, 2.05) is 32.0 Å². The number of amides is 1. The number of aromatic nitrogens is 1. The first kappa shape index (κ1) is 13.8. The van der Waals surface area contributed by atoms with E-state index >= 15 is 0 Å². The molecule has 98 valence electrons. The molecule has 0 bridgehead atoms. The van der Waals surface area contributed by atoms with Gasteiger partial charge in [-0.15, -0.1) is 0 Å². The van der Waals surface area contributed by atoms with E-state index in [4.69, 9.17) is 23.2 Å². The Morgan fingerprint density at radius 1 is 1.21 bits per heavy atom. The largest absolute Gasteiger partial charge is 0.319 e. The van der Waals surface area contributed by atoms with Gasteiger partial charge in [-0.3, -0.25) is 4.79 Å². The Balaban J connectivity index is 2.29. The molecule has 2 aromatic rings. The summed E-state index contributed by atoms with van der Waals surface area (Å²) in [4.78, 5) is 16.0. The van der Waals surface area contributed by atoms with Crippen molar-refractivity contribution in [2.45, 2.75) is 13.8 Å². The molecule has 0 spiro atoms. The summed E-state index contributed by atoms with van der Waals surface area (Å²) in [5.74, 6) is -0.224. The lowest BCUT2D eigenvalue weighted by molar-refractivity contribution is 0.102. The molecule has 0 aliphatic rings. The second kappa shape index (κ2) is 5.59. The van der Waals surface area contributed by atoms with Crippen LogP contribution in [0.15, 0.2) is 30.3 Å². The van der Waals surface area contributed by atoms with Crippen molar-refractivity contribution < 1.29 is 4.79 Å². The van der Waals surface area contributed by atoms with Gasteiger partial charge in [-0.25, -0.2) is 4.98 Å². The van der Waals surface area contributed by atoms with Crippen LogP contribution < -0.4 is 5.32 Å². The molecular formula is C14H12Cl2N2O. The first-order valence-corrected chi connectivity index (χ1v) is 6.43. The number of pyridine rings is 1. The third-order valence-electron chi connectivity index (χ3n) is 2.66. The van der Waals surface area contributed by atoms with E-state index in [9.17, 15) is 4.79 Å². The van der Waals surface area contributed by atoms with Gasteiger partial charge in [-0.2, -0.15) is 0 Å². The second-order valence-electron chi connectivity index (χ2n) is 4.25. The predicted molar refractivity (Wildman–Crippen MR) is 78.1 cm³/mol. The number of anilines is 1. The summed E-state index contributed by atoms with van der Waals surface area (Å²) in [6.45, 7) is 3.74. The Morgan fingerprint density at radius 2 is 1.95 bits per heavy atom. The number of nitrogens with one attached hydrogen (secondary N) is 1. The van der Waals surface area contributed by atoms with Crippen LogP contribution in [-0.2, 0) is 0 Å². The van der Waals surface area contributed by atoms with Crippen molar-refractivity contribution in [3.63, 3.8) is 0 Å². The molecule has 0 saturated carbocycles. The van der Waals surface area contributed by atoms with Crippen LogP contribution in [0.5, 0.6) is 0 Å². The molecule has 3 nitrogen and oxygen atoms in total. The van der Waals surface area contributed by atoms with Crippen LogP contribution in [0.4, 0.5) is 5.69 Å². The molecule has 0 saturated heterocycles. The molecule has 0 aliphatic carbocycles. The summed E-state index contributed by atoms with van der Waals surface area (Å²) in [7, 11) is 0. The maximum atomic E-state index is 12.1. The fourth-order valence-corrected chi connectivity index (χ4v) is 2.30. The summed E-state index contributed by atoms with van der Waals surface area (Å²) in [6.07, 6.45) is 0. The minimum Gasteiger partial charge on any atom is -0.319 e. The average Bonchev–Trinajstić information content (AvgIpc) is 2.33. The molecule has 1 heterocycles. The first-order valence-electron chi connectivity index (χ1n) is 5.68. The van der Waals surface area contributed by atoms with E-state index in [0.717, 1.165) is 11.1 Å². The lowest BCUT2D eigenvalue weighted by Gasteiger charge is -2.10. The van der Waals surface area contributed by atoms with Gasteiger partial charge in [0.15, 0.2) is 5.15 Å². The van der Waals surface area contributed by atoms with Gasteiger partial charge >= 0.3 is 0 Å². The van der Waals surface area contributed by atoms with Gasteiger partial charge in [-0.1, -0.05) is 40.9 Å². The molecule has 0 fully saturated rings. The van der Waals surface area contributed by atoms with Gasteiger partial charge in [0.25, 0.3) is 5.91 Å². The Morgan fingerprint density at radius 3 is 2.58 bits per heavy atom. The Kier molecular flexibility index (Phi) is 4.08. The number of aryl methyl sites for hydroxylation is 2. The van der Waals surface area contributed by atoms with Crippen molar-refractivity contribution in [1.82, 2.24) is 4.98 Å². The average molecular weight is 295 g/mol. The lowest BCUT2D eigenvalue weighted by atomic mass is 10.1. The molecule has 0 unspecified atom stereocenters. The maximum absolute atomic E-state index is 12.1. The highest BCUT2D eigenvalue weighted by atomic mass is 35.5. The zero-order valence-corrected chi connectivity index (χ0v) is 12.0. The molecule has 2 rings (SSSR count). The van der Waals surface area contributed by atoms with Crippen molar-refractivity contribution in [2.75, 3.05) is 5.32 Å². The van der Waals surface area contributed by atoms with Gasteiger partial charge in [0.05, 0.1) is 5.69 Å². The third kappa shape index (κ3) is 3.25. The first-order chi connectivity index (χ1) is 8.97. The molecule has 0 atom stereocenters. The molecule has 1 N–H and O–H groups in total. The number of carbonyl (C=O) groups excluding carboxylic acids is 1. The van der Waals surface area contributed by atoms with E-state index in [2.05, 4.69) is 10.3 Å². The van der Waals surface area contributed by atoms with Crippen LogP contribution in [0.25, 0.3) is 0 Å². The Labute approximate surface area is 121 Å². The van der Waals surface area contributed by atoms with Gasteiger partial charge in [0, 0.05) is 5.56 Å². The Bertz CT molecular complexity index is 618. The summed E-state index contributed by atoms with van der Waals surface area (Å²) in [5.41, 5.74) is 2.85. The summed E-state index contributed by atoms with van der Waals surface area (Å²) >= 11 is 11.8. The predicted octanol–water partition coefficient (Wildman–Crippen LogP) is 4.26. The van der Waals surface area contributed by atoms with Crippen LogP contribution in [0.3, 0.4) is 0 Å². The number of halogens is 2. The summed E-state index contributed by atoms with van der Waals surface area (Å²) in [6, 6.07) is 8.97. The standard InChI is InChI=1S/C14H12Cl2N2O/c1-8-4-3-5-10(6-8)14(19)18-12-9(2)7-11(15)17-13(12)16/h3-7H,1-2H3,(H,18,19). The van der Waals surface area contributed by atoms with E-state index in [1.165, 1.54) is 0 Å². The summed E-state index contributed by atoms with van der Waals surface area (Å²) < 4.78 is 0. The quantitative estimate of drug-likeness (QED) is 0.841. The van der Waals surface area contributed by atoms with Crippen LogP contribution in [-0.4, -0.2) is 10.9 Å². The number of carbonyl (C=O) groups is 1. The van der Waals surface area contributed by atoms with Crippen molar-refractivity contribution in [3.05, 3.63) is 57.3 Å². The van der Waals surface area contributed by atoms with Crippen LogP contribution in [0, 0.1) is 13.8 Å². The highest BCUT2D eigenvalue weighted by Gasteiger charge is 2.12. The van der Waals surface area contributed by atoms with E-state index in [-0.39, 0.29) is 11.1 Å². The molecule has 1 amide bonds. The topological polar surface area (TPSA) is 42.0 Å². The zero-order chi connectivity index (χ0) is 14.0. The van der Waals surface area contributed by atoms with Gasteiger partial charge in [0.1, 0.15) is 5.15 Å². The third-order valence-corrected chi connectivity index (χ3v) is 3.13. The molecule has 1 aromatic carbocycles. The number of rotatable bonds is 2. The second-order valence-corrected chi connectivity index (χ2v) is 5.00. The monoisotopic (exact) mass is 294 g/mol. The molecule has 19 heavy (non-hydrogen) atoms. The molecular weight excluding hydrogens is 283 g/mol. The van der Waals surface area contributed by atoms with Crippen molar-refractivity contribution >= 4 is 34.8 Å². The highest BCUT2D eigenvalue weighted by Crippen LogP contribution is 2.26. The van der Waals surface area contributed by atoms with Gasteiger partial charge < -0.3 is 5.32 Å². The normalized spacial score (nSPS) is 10.3. The smallest absolute Gasteiger partial charge is 0.255 e. The molecule has 1 aromatic heterocycles. The van der Waals surface area contributed by atoms with E-state index < -0.39 is 0 Å². The fraction of sp³-hybridized carbons (Fsp3) is 0.143. The minimum atomic E-state index is -0.224. The molecule has 5 heteroatoms. The number of hydrogen-bond acceptors (Lipinski definition) is 2. The van der Waals surface area contributed by atoms with Crippen molar-refractivity contribution in [3.8, 4) is 0 Å². The van der Waals surface area contributed by atoms with Crippen LogP contribution >= 0.6 is 23.2 Å². The number of hydrogen-bond donors (Lipinski definition) is 1. The van der Waals surface area contributed by atoms with Crippen LogP contribution in [0.2, 0.25) is 10.3 Å². The summed E-state index contributed by atoms with van der Waals surface area (Å²) in [5, 5.41) is 3.25. The Hall–Kier alpha value is -1.58. The fourth-order valence-electron chi connectivity index (χ4n) is 1.72. The minimum absolute atomic E-state index is 0.186. The number of nitrogens with zero attached hydrogens (tertiary/aromatic N) is 1. The van der Waals surface area contributed by atoms with E-state index in [0.29, 0.717) is 16.4 Å². The SMILES string of the molecule is Cc1cccc(C(=O)Nc2c(C)cc(Cl)nc2Cl)c1. The van der Waals surface area contributed by atoms with Crippen molar-refractivity contribution in [1.29, 1.82) is 0 Å². The van der Waals surface area contributed by atoms with Crippen molar-refractivity contribution in [2.24, 2.45) is 0 Å². The maximum Gasteiger partial charge on any atom is 0.255 e. The van der Waals surface area contributed by atoms with Gasteiger partial charge in [-0.05, 0) is 37.6 Å². The molecule has 0 aliphatic heterocycles. The number of benzene rings is 1.